The number of carbonyl (C=O) groups is 1. The Morgan fingerprint density at radius 2 is 2.35 bits per heavy atom. The summed E-state index contributed by atoms with van der Waals surface area (Å²) in [6.45, 7) is 3.55. The van der Waals surface area contributed by atoms with Crippen LogP contribution in [0.3, 0.4) is 0 Å². The van der Waals surface area contributed by atoms with Crippen molar-refractivity contribution in [3.05, 3.63) is 30.3 Å². The molecule has 3 heterocycles. The summed E-state index contributed by atoms with van der Waals surface area (Å²) < 4.78 is 13.1. The van der Waals surface area contributed by atoms with E-state index < -0.39 is 0 Å². The molecule has 7 heteroatoms. The predicted octanol–water partition coefficient (Wildman–Crippen LogP) is 3.18. The first-order valence-corrected chi connectivity index (χ1v) is 8.85. The van der Waals surface area contributed by atoms with Crippen molar-refractivity contribution in [1.82, 2.24) is 14.8 Å². The summed E-state index contributed by atoms with van der Waals surface area (Å²) in [6, 6.07) is 9.93. The van der Waals surface area contributed by atoms with Crippen molar-refractivity contribution in [1.29, 1.82) is 0 Å². The van der Waals surface area contributed by atoms with Crippen LogP contribution in [-0.4, -0.2) is 40.5 Å². The number of aryl methyl sites for hydroxylation is 1. The number of H-pyrrole nitrogens is 1. The fourth-order valence-corrected chi connectivity index (χ4v) is 3.51. The lowest BCUT2D eigenvalue weighted by molar-refractivity contribution is -0.124. The average molecular weight is 354 g/mol. The number of amides is 1. The highest BCUT2D eigenvalue weighted by Gasteiger charge is 2.24. The molecule has 0 unspecified atom stereocenters. The molecule has 7 nitrogen and oxygen atoms in total. The number of benzene rings is 1. The maximum absolute atomic E-state index is 12.2. The summed E-state index contributed by atoms with van der Waals surface area (Å²) >= 11 is 0. The topological polar surface area (TPSA) is 81.2 Å². The molecule has 0 radical (unpaired) electrons. The summed E-state index contributed by atoms with van der Waals surface area (Å²) in [5.41, 5.74) is 2.94. The van der Waals surface area contributed by atoms with E-state index in [4.69, 9.17) is 9.47 Å². The average Bonchev–Trinajstić information content (AvgIpc) is 3.39. The molecule has 4 rings (SSSR count). The minimum atomic E-state index is -0.374. The molecule has 0 bridgehead atoms. The highest BCUT2D eigenvalue weighted by atomic mass is 16.5. The third-order valence-corrected chi connectivity index (χ3v) is 4.77. The Morgan fingerprint density at radius 1 is 1.46 bits per heavy atom. The van der Waals surface area contributed by atoms with E-state index >= 15 is 0 Å². The number of nitrogens with one attached hydrogen (secondary N) is 2. The molecule has 1 saturated heterocycles. The molecule has 0 saturated carbocycles. The van der Waals surface area contributed by atoms with Crippen molar-refractivity contribution in [2.45, 2.75) is 32.4 Å². The van der Waals surface area contributed by atoms with Crippen LogP contribution in [0, 0.1) is 0 Å². The fourth-order valence-electron chi connectivity index (χ4n) is 3.51. The van der Waals surface area contributed by atoms with Crippen molar-refractivity contribution in [3.8, 4) is 17.1 Å². The number of aromatic amines is 1. The molecule has 136 valence electrons. The Labute approximate surface area is 151 Å². The molecule has 26 heavy (non-hydrogen) atoms. The van der Waals surface area contributed by atoms with E-state index in [0.29, 0.717) is 12.4 Å². The standard InChI is InChI=1S/C19H22N4O3/c1-3-23-14-6-4-7-16(25-2)12(14)10-15(23)13-11-18(22-21-13)20-19(24)17-8-5-9-26-17/h4,6-7,10-11,17H,3,5,8-9H2,1-2H3,(H2,20,21,22,24)/t17-/m0/s1. The van der Waals surface area contributed by atoms with Gasteiger partial charge in [0.1, 0.15) is 11.9 Å². The largest absolute Gasteiger partial charge is 0.496 e. The number of fused-ring (bicyclic) bond motifs is 1. The Bertz CT molecular complexity index is 938. The zero-order valence-electron chi connectivity index (χ0n) is 14.9. The van der Waals surface area contributed by atoms with E-state index in [1.54, 1.807) is 7.11 Å². The van der Waals surface area contributed by atoms with Crippen LogP contribution in [0.4, 0.5) is 5.82 Å². The number of hydrogen-bond acceptors (Lipinski definition) is 4. The van der Waals surface area contributed by atoms with E-state index in [-0.39, 0.29) is 12.0 Å². The molecule has 2 aromatic heterocycles. The SMILES string of the molecule is CCn1c(-c2cc(NC(=O)[C@@H]3CCCO3)n[nH]2)cc2c(OC)cccc21. The van der Waals surface area contributed by atoms with E-state index in [9.17, 15) is 4.79 Å². The number of rotatable bonds is 5. The van der Waals surface area contributed by atoms with Gasteiger partial charge in [0.15, 0.2) is 5.82 Å². The van der Waals surface area contributed by atoms with Crippen LogP contribution >= 0.6 is 0 Å². The van der Waals surface area contributed by atoms with E-state index in [2.05, 4.69) is 39.1 Å². The number of hydrogen-bond donors (Lipinski definition) is 2. The quantitative estimate of drug-likeness (QED) is 0.737. The smallest absolute Gasteiger partial charge is 0.254 e. The van der Waals surface area contributed by atoms with E-state index in [1.165, 1.54) is 0 Å². The van der Waals surface area contributed by atoms with Gasteiger partial charge in [-0.15, -0.1) is 0 Å². The highest BCUT2D eigenvalue weighted by molar-refractivity contribution is 5.95. The van der Waals surface area contributed by atoms with Crippen LogP contribution in [0.5, 0.6) is 5.75 Å². The third-order valence-electron chi connectivity index (χ3n) is 4.77. The van der Waals surface area contributed by atoms with Crippen molar-refractivity contribution < 1.29 is 14.3 Å². The molecule has 2 N–H and O–H groups in total. The Kier molecular flexibility index (Phi) is 4.38. The van der Waals surface area contributed by atoms with Crippen molar-refractivity contribution >= 4 is 22.6 Å². The summed E-state index contributed by atoms with van der Waals surface area (Å²) in [4.78, 5) is 12.2. The van der Waals surface area contributed by atoms with Gasteiger partial charge in [0.25, 0.3) is 5.91 Å². The third kappa shape index (κ3) is 2.84. The molecular formula is C19H22N4O3. The second-order valence-electron chi connectivity index (χ2n) is 6.32. The lowest BCUT2D eigenvalue weighted by Gasteiger charge is -2.07. The molecule has 1 aliphatic heterocycles. The minimum absolute atomic E-state index is 0.141. The van der Waals surface area contributed by atoms with Gasteiger partial charge in [-0.2, -0.15) is 5.10 Å². The molecule has 0 spiro atoms. The highest BCUT2D eigenvalue weighted by Crippen LogP contribution is 2.33. The zero-order valence-corrected chi connectivity index (χ0v) is 14.9. The number of ether oxygens (including phenoxy) is 2. The molecule has 1 aliphatic rings. The van der Waals surface area contributed by atoms with Crippen molar-refractivity contribution in [3.63, 3.8) is 0 Å². The molecule has 0 aliphatic carbocycles. The van der Waals surface area contributed by atoms with Gasteiger partial charge in [-0.25, -0.2) is 0 Å². The van der Waals surface area contributed by atoms with Crippen LogP contribution in [0.15, 0.2) is 30.3 Å². The maximum atomic E-state index is 12.2. The first kappa shape index (κ1) is 16.7. The summed E-state index contributed by atoms with van der Waals surface area (Å²) in [6.07, 6.45) is 1.30. The lowest BCUT2D eigenvalue weighted by Crippen LogP contribution is -2.26. The second kappa shape index (κ2) is 6.84. The molecule has 1 atom stereocenters. The van der Waals surface area contributed by atoms with Gasteiger partial charge < -0.3 is 19.4 Å². The first-order valence-electron chi connectivity index (χ1n) is 8.85. The van der Waals surface area contributed by atoms with Gasteiger partial charge >= 0.3 is 0 Å². The molecule has 1 fully saturated rings. The van der Waals surface area contributed by atoms with Crippen LogP contribution < -0.4 is 10.1 Å². The van der Waals surface area contributed by atoms with Crippen molar-refractivity contribution in [2.75, 3.05) is 19.0 Å². The van der Waals surface area contributed by atoms with Crippen molar-refractivity contribution in [2.24, 2.45) is 0 Å². The Balaban J connectivity index is 1.65. The van der Waals surface area contributed by atoms with Crippen LogP contribution in [-0.2, 0) is 16.1 Å². The summed E-state index contributed by atoms with van der Waals surface area (Å²) in [5.74, 6) is 1.20. The van der Waals surface area contributed by atoms with Crippen LogP contribution in [0.2, 0.25) is 0 Å². The van der Waals surface area contributed by atoms with Gasteiger partial charge in [0, 0.05) is 24.6 Å². The van der Waals surface area contributed by atoms with Crippen LogP contribution in [0.1, 0.15) is 19.8 Å². The van der Waals surface area contributed by atoms with Gasteiger partial charge in [0.05, 0.1) is 24.0 Å². The predicted molar refractivity (Wildman–Crippen MR) is 99.3 cm³/mol. The minimum Gasteiger partial charge on any atom is -0.496 e. The van der Waals surface area contributed by atoms with Gasteiger partial charge in [0.2, 0.25) is 0 Å². The monoisotopic (exact) mass is 354 g/mol. The van der Waals surface area contributed by atoms with E-state index in [0.717, 1.165) is 47.4 Å². The summed E-state index contributed by atoms with van der Waals surface area (Å²) in [7, 11) is 1.67. The number of aromatic nitrogens is 3. The lowest BCUT2D eigenvalue weighted by atomic mass is 10.2. The number of carbonyl (C=O) groups excluding carboxylic acids is 1. The number of anilines is 1. The number of nitrogens with zero attached hydrogens (tertiary/aromatic N) is 2. The Hall–Kier alpha value is -2.80. The van der Waals surface area contributed by atoms with Gasteiger partial charge in [-0.1, -0.05) is 6.07 Å². The fraction of sp³-hybridized carbons (Fsp3) is 0.368. The van der Waals surface area contributed by atoms with E-state index in [1.807, 2.05) is 18.2 Å². The normalized spacial score (nSPS) is 16.9. The zero-order chi connectivity index (χ0) is 18.1. The first-order chi connectivity index (χ1) is 12.7. The summed E-state index contributed by atoms with van der Waals surface area (Å²) in [5, 5.41) is 11.1. The van der Waals surface area contributed by atoms with Crippen LogP contribution in [0.25, 0.3) is 22.3 Å². The maximum Gasteiger partial charge on any atom is 0.254 e. The second-order valence-corrected chi connectivity index (χ2v) is 6.32. The molecule has 1 aromatic carbocycles. The molecular weight excluding hydrogens is 332 g/mol. The number of methoxy groups -OCH3 is 1. The molecule has 3 aromatic rings. The molecule has 1 amide bonds. The van der Waals surface area contributed by atoms with Gasteiger partial charge in [-0.3, -0.25) is 9.89 Å². The Morgan fingerprint density at radius 3 is 3.08 bits per heavy atom. The van der Waals surface area contributed by atoms with Gasteiger partial charge in [-0.05, 0) is 38.0 Å².